The summed E-state index contributed by atoms with van der Waals surface area (Å²) in [7, 11) is 0. The molecule has 0 spiro atoms. The molecule has 1 aliphatic rings. The van der Waals surface area contributed by atoms with Crippen LogP contribution in [0.4, 0.5) is 0 Å². The first-order chi connectivity index (χ1) is 13.6. The Kier molecular flexibility index (Phi) is 6.29. The fraction of sp³-hybridized carbons (Fsp3) is 0.211. The van der Waals surface area contributed by atoms with Crippen molar-refractivity contribution >= 4 is 17.8 Å². The highest BCUT2D eigenvalue weighted by Gasteiger charge is 2.27. The maximum absolute atomic E-state index is 12.1. The monoisotopic (exact) mass is 386 g/mol. The highest BCUT2D eigenvalue weighted by molar-refractivity contribution is 5.86. The molecule has 2 aromatic carbocycles. The van der Waals surface area contributed by atoms with Crippen molar-refractivity contribution in [3.63, 3.8) is 0 Å². The largest absolute Gasteiger partial charge is 0.485 e. The lowest BCUT2D eigenvalue weighted by atomic mass is 10.2. The average molecular weight is 386 g/mol. The van der Waals surface area contributed by atoms with E-state index < -0.39 is 30.5 Å². The summed E-state index contributed by atoms with van der Waals surface area (Å²) in [6.07, 6.45) is -0.919. The summed E-state index contributed by atoms with van der Waals surface area (Å²) >= 11 is 0. The summed E-state index contributed by atoms with van der Waals surface area (Å²) < 4.78 is 20.9. The summed E-state index contributed by atoms with van der Waals surface area (Å²) in [6, 6.07) is 15.6. The second kappa shape index (κ2) is 9.26. The van der Waals surface area contributed by atoms with Crippen LogP contribution in [0, 0.1) is 0 Å². The zero-order valence-electron chi connectivity index (χ0n) is 14.8. The van der Waals surface area contributed by atoms with Crippen LogP contribution in [-0.2, 0) is 19.1 Å². The van der Waals surface area contributed by atoms with Crippen LogP contribution in [0.1, 0.15) is 0 Å². The van der Waals surface area contributed by atoms with Crippen LogP contribution >= 0.6 is 0 Å². The van der Waals surface area contributed by atoms with Gasteiger partial charge in [0.05, 0.1) is 0 Å². The molecule has 0 bridgehead atoms. The number of hydrogen-bond donors (Lipinski definition) is 2. The van der Waals surface area contributed by atoms with Crippen molar-refractivity contribution in [1.82, 2.24) is 10.9 Å². The Morgan fingerprint density at radius 3 is 2.43 bits per heavy atom. The summed E-state index contributed by atoms with van der Waals surface area (Å²) in [5, 5.41) is 0. The lowest BCUT2D eigenvalue weighted by molar-refractivity contribution is -0.151. The molecule has 1 aliphatic heterocycles. The van der Waals surface area contributed by atoms with Crippen LogP contribution in [0.15, 0.2) is 54.6 Å². The number of ether oxygens (including phenoxy) is 4. The van der Waals surface area contributed by atoms with Crippen molar-refractivity contribution in [2.24, 2.45) is 0 Å². The Balaban J connectivity index is 1.34. The minimum Gasteiger partial charge on any atom is -0.485 e. The van der Waals surface area contributed by atoms with Gasteiger partial charge in [0.2, 0.25) is 6.10 Å². The molecule has 0 unspecified atom stereocenters. The molecule has 9 nitrogen and oxygen atoms in total. The third-order valence-electron chi connectivity index (χ3n) is 3.59. The molecule has 28 heavy (non-hydrogen) atoms. The van der Waals surface area contributed by atoms with E-state index in [-0.39, 0.29) is 13.2 Å². The number of carbonyl (C=O) groups excluding carboxylic acids is 3. The Morgan fingerprint density at radius 1 is 0.929 bits per heavy atom. The van der Waals surface area contributed by atoms with Crippen molar-refractivity contribution < 1.29 is 33.3 Å². The van der Waals surface area contributed by atoms with E-state index in [1.54, 1.807) is 48.5 Å². The molecule has 2 aromatic rings. The van der Waals surface area contributed by atoms with Gasteiger partial charge in [0.25, 0.3) is 11.8 Å². The minimum atomic E-state index is -0.919. The molecular weight excluding hydrogens is 368 g/mol. The molecular formula is C19H18N2O7. The Hall–Kier alpha value is -3.75. The summed E-state index contributed by atoms with van der Waals surface area (Å²) in [4.78, 5) is 35.3. The number of fused-ring (bicyclic) bond motifs is 1. The standard InChI is InChI=1S/C19H18N2O7/c22-17(11-27-18(23)12-25-13-6-2-1-3-7-13)20-21-19(24)16-10-26-14-8-4-5-9-15(14)28-16/h1-9,16H,10-12H2,(H,20,22)(H,21,24)/t16-/m1/s1. The molecule has 1 heterocycles. The zero-order chi connectivity index (χ0) is 19.8. The highest BCUT2D eigenvalue weighted by atomic mass is 16.6. The second-order valence-electron chi connectivity index (χ2n) is 5.66. The van der Waals surface area contributed by atoms with Crippen LogP contribution in [-0.4, -0.2) is 43.7 Å². The van der Waals surface area contributed by atoms with Crippen molar-refractivity contribution in [3.8, 4) is 17.2 Å². The van der Waals surface area contributed by atoms with E-state index in [0.29, 0.717) is 17.2 Å². The molecule has 0 saturated heterocycles. The van der Waals surface area contributed by atoms with Gasteiger partial charge in [-0.2, -0.15) is 0 Å². The van der Waals surface area contributed by atoms with E-state index in [2.05, 4.69) is 10.9 Å². The molecule has 0 saturated carbocycles. The molecule has 1 atom stereocenters. The zero-order valence-corrected chi connectivity index (χ0v) is 14.8. The van der Waals surface area contributed by atoms with Crippen molar-refractivity contribution in [1.29, 1.82) is 0 Å². The topological polar surface area (TPSA) is 112 Å². The van der Waals surface area contributed by atoms with Gasteiger partial charge in [0.15, 0.2) is 24.7 Å². The van der Waals surface area contributed by atoms with E-state index >= 15 is 0 Å². The molecule has 0 aliphatic carbocycles. The fourth-order valence-corrected chi connectivity index (χ4v) is 2.24. The van der Waals surface area contributed by atoms with Gasteiger partial charge in [0.1, 0.15) is 12.4 Å². The lowest BCUT2D eigenvalue weighted by Gasteiger charge is -2.25. The van der Waals surface area contributed by atoms with E-state index in [9.17, 15) is 14.4 Å². The number of carbonyl (C=O) groups is 3. The van der Waals surface area contributed by atoms with Gasteiger partial charge in [0, 0.05) is 0 Å². The summed E-state index contributed by atoms with van der Waals surface area (Å²) in [6.45, 7) is -0.900. The van der Waals surface area contributed by atoms with Gasteiger partial charge in [-0.15, -0.1) is 0 Å². The van der Waals surface area contributed by atoms with Crippen LogP contribution in [0.2, 0.25) is 0 Å². The average Bonchev–Trinajstić information content (AvgIpc) is 2.75. The maximum Gasteiger partial charge on any atom is 0.344 e. The molecule has 9 heteroatoms. The van der Waals surface area contributed by atoms with Crippen molar-refractivity contribution in [2.75, 3.05) is 19.8 Å². The van der Waals surface area contributed by atoms with E-state index in [4.69, 9.17) is 18.9 Å². The predicted molar refractivity (Wildman–Crippen MR) is 95.5 cm³/mol. The van der Waals surface area contributed by atoms with Gasteiger partial charge >= 0.3 is 5.97 Å². The molecule has 2 N–H and O–H groups in total. The maximum atomic E-state index is 12.1. The van der Waals surface area contributed by atoms with Crippen LogP contribution in [0.5, 0.6) is 17.2 Å². The molecule has 146 valence electrons. The number of hydrazine groups is 1. The van der Waals surface area contributed by atoms with Crippen LogP contribution in [0.3, 0.4) is 0 Å². The van der Waals surface area contributed by atoms with Gasteiger partial charge in [-0.3, -0.25) is 20.4 Å². The number of hydrogen-bond acceptors (Lipinski definition) is 7. The number of esters is 1. The number of rotatable bonds is 6. The lowest BCUT2D eigenvalue weighted by Crippen LogP contribution is -2.51. The van der Waals surface area contributed by atoms with E-state index in [1.165, 1.54) is 0 Å². The second-order valence-corrected chi connectivity index (χ2v) is 5.66. The third kappa shape index (κ3) is 5.37. The SMILES string of the molecule is O=C(COC(=O)COc1ccccc1)NNC(=O)[C@H]1COc2ccccc2O1. The number of nitrogens with one attached hydrogen (secondary N) is 2. The highest BCUT2D eigenvalue weighted by Crippen LogP contribution is 2.30. The quantitative estimate of drug-likeness (QED) is 0.552. The predicted octanol–water partition coefficient (Wildman–Crippen LogP) is 0.596. The van der Waals surface area contributed by atoms with Crippen LogP contribution < -0.4 is 25.1 Å². The number of para-hydroxylation sites is 3. The number of benzene rings is 2. The Labute approximate surface area is 160 Å². The number of amides is 2. The Bertz CT molecular complexity index is 841. The van der Waals surface area contributed by atoms with E-state index in [1.807, 2.05) is 6.07 Å². The van der Waals surface area contributed by atoms with Gasteiger partial charge in [-0.25, -0.2) is 4.79 Å². The van der Waals surface area contributed by atoms with Gasteiger partial charge < -0.3 is 18.9 Å². The van der Waals surface area contributed by atoms with Crippen LogP contribution in [0.25, 0.3) is 0 Å². The smallest absolute Gasteiger partial charge is 0.344 e. The molecule has 0 fully saturated rings. The fourth-order valence-electron chi connectivity index (χ4n) is 2.24. The van der Waals surface area contributed by atoms with Gasteiger partial charge in [-0.05, 0) is 24.3 Å². The molecule has 0 aromatic heterocycles. The first-order valence-electron chi connectivity index (χ1n) is 8.42. The van der Waals surface area contributed by atoms with Crippen molar-refractivity contribution in [3.05, 3.63) is 54.6 Å². The first kappa shape index (κ1) is 19.0. The van der Waals surface area contributed by atoms with E-state index in [0.717, 1.165) is 0 Å². The van der Waals surface area contributed by atoms with Crippen molar-refractivity contribution in [2.45, 2.75) is 6.10 Å². The third-order valence-corrected chi connectivity index (χ3v) is 3.59. The minimum absolute atomic E-state index is 0.00449. The Morgan fingerprint density at radius 2 is 1.64 bits per heavy atom. The summed E-state index contributed by atoms with van der Waals surface area (Å²) in [5.41, 5.74) is 4.34. The first-order valence-corrected chi connectivity index (χ1v) is 8.42. The molecule has 0 radical (unpaired) electrons. The summed E-state index contributed by atoms with van der Waals surface area (Å²) in [5.74, 6) is -0.536. The molecule has 3 rings (SSSR count). The van der Waals surface area contributed by atoms with Gasteiger partial charge in [-0.1, -0.05) is 30.3 Å². The normalized spacial score (nSPS) is 14.5. The molecule has 2 amide bonds.